The van der Waals surface area contributed by atoms with Gasteiger partial charge in [0.1, 0.15) is 0 Å². The second kappa shape index (κ2) is 4.05. The minimum absolute atomic E-state index is 0.158. The summed E-state index contributed by atoms with van der Waals surface area (Å²) in [6.07, 6.45) is 0. The molecule has 0 aliphatic carbocycles. The molecule has 72 valence electrons. The van der Waals surface area contributed by atoms with Crippen molar-refractivity contribution in [2.24, 2.45) is 5.41 Å². The van der Waals surface area contributed by atoms with Crippen molar-refractivity contribution in [1.82, 2.24) is 0 Å². The Labute approximate surface area is 83.5 Å². The monoisotopic (exact) mass is 206 g/mol. The Morgan fingerprint density at radius 2 is 1.42 bits per heavy atom. The number of hydrogen-bond acceptors (Lipinski definition) is 3. The topological polar surface area (TPSA) is 17.1 Å². The molecule has 0 aromatic rings. The third-order valence-electron chi connectivity index (χ3n) is 0.980. The highest BCUT2D eigenvalue weighted by Gasteiger charge is 2.24. The van der Waals surface area contributed by atoms with E-state index < -0.39 is 0 Å². The first-order valence-electron chi connectivity index (χ1n) is 4.03. The van der Waals surface area contributed by atoms with Crippen LogP contribution in [-0.2, 0) is 4.79 Å². The maximum atomic E-state index is 11.5. The lowest BCUT2D eigenvalue weighted by Gasteiger charge is -2.20. The van der Waals surface area contributed by atoms with Crippen LogP contribution in [0.25, 0.3) is 0 Å². The first-order valence-corrected chi connectivity index (χ1v) is 6.18. The zero-order chi connectivity index (χ0) is 9.99. The molecule has 12 heavy (non-hydrogen) atoms. The van der Waals surface area contributed by atoms with Crippen LogP contribution in [-0.4, -0.2) is 9.86 Å². The maximum Gasteiger partial charge on any atom is 0.204 e. The van der Waals surface area contributed by atoms with Gasteiger partial charge in [-0.3, -0.25) is 4.79 Å². The largest absolute Gasteiger partial charge is 0.286 e. The van der Waals surface area contributed by atoms with Gasteiger partial charge >= 0.3 is 0 Å². The van der Waals surface area contributed by atoms with Crippen LogP contribution in [0.1, 0.15) is 41.5 Å². The Morgan fingerprint density at radius 3 is 1.67 bits per heavy atom. The second-order valence-corrected chi connectivity index (χ2v) is 7.75. The summed E-state index contributed by atoms with van der Waals surface area (Å²) in [7, 11) is 3.00. The molecule has 0 spiro atoms. The summed E-state index contributed by atoms with van der Waals surface area (Å²) in [5.74, 6) is 0. The van der Waals surface area contributed by atoms with Crippen molar-refractivity contribution >= 4 is 26.7 Å². The van der Waals surface area contributed by atoms with Gasteiger partial charge in [-0.25, -0.2) is 0 Å². The van der Waals surface area contributed by atoms with Crippen molar-refractivity contribution in [3.05, 3.63) is 0 Å². The zero-order valence-corrected chi connectivity index (χ0v) is 10.4. The van der Waals surface area contributed by atoms with E-state index in [1.807, 2.05) is 20.8 Å². The van der Waals surface area contributed by atoms with Crippen LogP contribution in [0.5, 0.6) is 0 Å². The predicted molar refractivity (Wildman–Crippen MR) is 59.4 cm³/mol. The third-order valence-corrected chi connectivity index (χ3v) is 4.53. The molecule has 0 fully saturated rings. The highest BCUT2D eigenvalue weighted by Crippen LogP contribution is 2.39. The van der Waals surface area contributed by atoms with Crippen molar-refractivity contribution in [2.75, 3.05) is 0 Å². The number of carbonyl (C=O) groups is 1. The van der Waals surface area contributed by atoms with Crippen molar-refractivity contribution < 1.29 is 4.79 Å². The van der Waals surface area contributed by atoms with Gasteiger partial charge in [0.2, 0.25) is 5.12 Å². The molecule has 0 aromatic carbocycles. The summed E-state index contributed by atoms with van der Waals surface area (Å²) in [6.45, 7) is 12.2. The van der Waals surface area contributed by atoms with Gasteiger partial charge in [-0.2, -0.15) is 0 Å². The van der Waals surface area contributed by atoms with Crippen LogP contribution in [0, 0.1) is 5.41 Å². The van der Waals surface area contributed by atoms with E-state index in [1.165, 1.54) is 10.8 Å². The maximum absolute atomic E-state index is 11.5. The Bertz CT molecular complexity index is 162. The fraction of sp³-hybridized carbons (Fsp3) is 0.889. The van der Waals surface area contributed by atoms with E-state index in [1.54, 1.807) is 10.8 Å². The summed E-state index contributed by atoms with van der Waals surface area (Å²) in [6, 6.07) is 0. The molecule has 0 amide bonds. The van der Waals surface area contributed by atoms with E-state index in [9.17, 15) is 4.79 Å². The van der Waals surface area contributed by atoms with Gasteiger partial charge in [0.15, 0.2) is 0 Å². The van der Waals surface area contributed by atoms with Gasteiger partial charge in [-0.05, 0) is 10.8 Å². The lowest BCUT2D eigenvalue weighted by Crippen LogP contribution is -2.16. The van der Waals surface area contributed by atoms with Gasteiger partial charge in [0.05, 0.1) is 0 Å². The van der Waals surface area contributed by atoms with Gasteiger partial charge < -0.3 is 0 Å². The molecule has 0 aliphatic heterocycles. The van der Waals surface area contributed by atoms with Crippen molar-refractivity contribution in [2.45, 2.75) is 46.3 Å². The molecule has 0 unspecified atom stereocenters. The highest BCUT2D eigenvalue weighted by atomic mass is 33.1. The molecular weight excluding hydrogens is 188 g/mol. The second-order valence-electron chi connectivity index (χ2n) is 4.82. The van der Waals surface area contributed by atoms with Gasteiger partial charge in [0, 0.05) is 10.2 Å². The molecule has 0 heterocycles. The van der Waals surface area contributed by atoms with E-state index in [0.29, 0.717) is 0 Å². The van der Waals surface area contributed by atoms with Crippen LogP contribution in [0.15, 0.2) is 0 Å². The van der Waals surface area contributed by atoms with Crippen molar-refractivity contribution in [3.8, 4) is 0 Å². The van der Waals surface area contributed by atoms with Crippen LogP contribution >= 0.6 is 21.6 Å². The summed E-state index contributed by atoms with van der Waals surface area (Å²) in [5.41, 5.74) is -0.219. The Kier molecular flexibility index (Phi) is 4.18. The number of hydrogen-bond donors (Lipinski definition) is 0. The molecule has 1 nitrogen and oxygen atoms in total. The average molecular weight is 206 g/mol. The SMILES string of the molecule is CC(C)(C)SSC(=O)C(C)(C)C. The lowest BCUT2D eigenvalue weighted by atomic mass is 10.00. The summed E-state index contributed by atoms with van der Waals surface area (Å²) in [4.78, 5) is 11.5. The quantitative estimate of drug-likeness (QED) is 0.608. The number of rotatable bonds is 1. The first-order chi connectivity index (χ1) is 5.13. The lowest BCUT2D eigenvalue weighted by molar-refractivity contribution is -0.117. The zero-order valence-electron chi connectivity index (χ0n) is 8.72. The highest BCUT2D eigenvalue weighted by molar-refractivity contribution is 8.82. The van der Waals surface area contributed by atoms with Gasteiger partial charge in [-0.15, -0.1) is 0 Å². The van der Waals surface area contributed by atoms with Gasteiger partial charge in [-0.1, -0.05) is 52.3 Å². The summed E-state index contributed by atoms with van der Waals surface area (Å²) in [5, 5.41) is 0.252. The molecule has 0 aliphatic rings. The predicted octanol–water partition coefficient (Wildman–Crippen LogP) is 3.74. The molecule has 0 radical (unpaired) electrons. The smallest absolute Gasteiger partial charge is 0.204 e. The minimum Gasteiger partial charge on any atom is -0.286 e. The Balaban J connectivity index is 3.90. The summed E-state index contributed by atoms with van der Waals surface area (Å²) < 4.78 is 0.158. The fourth-order valence-corrected chi connectivity index (χ4v) is 2.59. The van der Waals surface area contributed by atoms with Gasteiger partial charge in [0.25, 0.3) is 0 Å². The standard InChI is InChI=1S/C9H18OS2/c1-8(2,3)7(10)11-12-9(4,5)6/h1-6H3. The van der Waals surface area contributed by atoms with Crippen LogP contribution in [0.4, 0.5) is 0 Å². The van der Waals surface area contributed by atoms with Crippen LogP contribution in [0.3, 0.4) is 0 Å². The molecule has 0 saturated heterocycles. The van der Waals surface area contributed by atoms with Crippen molar-refractivity contribution in [3.63, 3.8) is 0 Å². The first kappa shape index (κ1) is 12.4. The van der Waals surface area contributed by atoms with Crippen LogP contribution < -0.4 is 0 Å². The Hall–Kier alpha value is 0.370. The normalized spacial score (nSPS) is 13.2. The molecule has 0 N–H and O–H groups in total. The van der Waals surface area contributed by atoms with E-state index in [0.717, 1.165) is 0 Å². The number of carbonyl (C=O) groups excluding carboxylic acids is 1. The Morgan fingerprint density at radius 1 is 1.00 bits per heavy atom. The van der Waals surface area contributed by atoms with E-state index in [2.05, 4.69) is 20.8 Å². The minimum atomic E-state index is -0.219. The molecule has 0 saturated carbocycles. The van der Waals surface area contributed by atoms with E-state index in [-0.39, 0.29) is 15.3 Å². The van der Waals surface area contributed by atoms with Crippen molar-refractivity contribution in [1.29, 1.82) is 0 Å². The van der Waals surface area contributed by atoms with E-state index in [4.69, 9.17) is 0 Å². The average Bonchev–Trinajstić information content (AvgIpc) is 1.78. The molecule has 3 heteroatoms. The van der Waals surface area contributed by atoms with Crippen LogP contribution in [0.2, 0.25) is 0 Å². The fourth-order valence-electron chi connectivity index (χ4n) is 0.288. The molecular formula is C9H18OS2. The van der Waals surface area contributed by atoms with E-state index >= 15 is 0 Å². The molecule has 0 atom stereocenters. The summed E-state index contributed by atoms with van der Waals surface area (Å²) >= 11 is 0. The molecule has 0 aromatic heterocycles. The molecule has 0 rings (SSSR count). The third kappa shape index (κ3) is 5.95. The molecule has 0 bridgehead atoms.